The monoisotopic (exact) mass is 361 g/mol. The fourth-order valence-corrected chi connectivity index (χ4v) is 5.09. The van der Waals surface area contributed by atoms with Crippen LogP contribution in [0.2, 0.25) is 0 Å². The number of rotatable bonds is 7. The van der Waals surface area contributed by atoms with Gasteiger partial charge in [0.2, 0.25) is 5.91 Å². The summed E-state index contributed by atoms with van der Waals surface area (Å²) in [7, 11) is -1.33. The molecule has 0 radical (unpaired) electrons. The van der Waals surface area contributed by atoms with Crippen LogP contribution in [0.1, 0.15) is 17.8 Å². The van der Waals surface area contributed by atoms with E-state index < -0.39 is 9.84 Å². The first-order valence-electron chi connectivity index (χ1n) is 7.47. The van der Waals surface area contributed by atoms with E-state index in [-0.39, 0.29) is 29.2 Å². The van der Waals surface area contributed by atoms with Gasteiger partial charge in [-0.1, -0.05) is 11.8 Å². The van der Waals surface area contributed by atoms with Crippen molar-refractivity contribution in [1.82, 2.24) is 14.9 Å². The predicted octanol–water partition coefficient (Wildman–Crippen LogP) is 0.542. The van der Waals surface area contributed by atoms with Gasteiger partial charge in [-0.3, -0.25) is 4.79 Å². The molecule has 1 atom stereocenters. The molecule has 7 nitrogen and oxygen atoms in total. The molecule has 1 amide bonds. The number of amides is 1. The van der Waals surface area contributed by atoms with Gasteiger partial charge in [0.1, 0.15) is 0 Å². The molecule has 1 N–H and O–H groups in total. The number of nitrogens with zero attached hydrogens (tertiary/aromatic N) is 2. The van der Waals surface area contributed by atoms with Gasteiger partial charge in [-0.15, -0.1) is 0 Å². The topological polar surface area (TPSA) is 90.3 Å². The molecule has 1 aliphatic heterocycles. The normalized spacial score (nSPS) is 19.9. The standard InChI is InChI=1S/C14H23N3O4S2/c1-10-11(2)17(5-6-21-3)14(15-10)22-8-13(18)16-12-4-7-23(19,20)9-12/h12H,4-9H2,1-3H3,(H,16,18)/t12-/m0/s1. The molecule has 1 saturated heterocycles. The van der Waals surface area contributed by atoms with Gasteiger partial charge in [-0.25, -0.2) is 13.4 Å². The van der Waals surface area contributed by atoms with Crippen LogP contribution in [-0.4, -0.2) is 60.9 Å². The van der Waals surface area contributed by atoms with Crippen LogP contribution < -0.4 is 5.32 Å². The zero-order chi connectivity index (χ0) is 17.0. The van der Waals surface area contributed by atoms with E-state index in [1.807, 2.05) is 18.4 Å². The summed E-state index contributed by atoms with van der Waals surface area (Å²) in [5, 5.41) is 3.57. The Labute approximate surface area is 141 Å². The van der Waals surface area contributed by atoms with Crippen LogP contribution >= 0.6 is 11.8 Å². The van der Waals surface area contributed by atoms with E-state index >= 15 is 0 Å². The number of aromatic nitrogens is 2. The van der Waals surface area contributed by atoms with Gasteiger partial charge in [0.15, 0.2) is 15.0 Å². The van der Waals surface area contributed by atoms with Crippen LogP contribution in [0, 0.1) is 13.8 Å². The lowest BCUT2D eigenvalue weighted by Crippen LogP contribution is -2.36. The number of sulfone groups is 1. The van der Waals surface area contributed by atoms with Gasteiger partial charge in [0.05, 0.1) is 29.6 Å². The van der Waals surface area contributed by atoms with Crippen molar-refractivity contribution >= 4 is 27.5 Å². The largest absolute Gasteiger partial charge is 0.383 e. The summed E-state index contributed by atoms with van der Waals surface area (Å²) in [6, 6.07) is -0.259. The molecule has 23 heavy (non-hydrogen) atoms. The lowest BCUT2D eigenvalue weighted by atomic mass is 10.3. The maximum absolute atomic E-state index is 12.0. The molecule has 1 aliphatic rings. The lowest BCUT2D eigenvalue weighted by molar-refractivity contribution is -0.119. The van der Waals surface area contributed by atoms with E-state index in [1.165, 1.54) is 11.8 Å². The van der Waals surface area contributed by atoms with E-state index in [2.05, 4.69) is 10.3 Å². The third kappa shape index (κ3) is 4.95. The summed E-state index contributed by atoms with van der Waals surface area (Å²) in [5.41, 5.74) is 2.00. The van der Waals surface area contributed by atoms with Crippen molar-refractivity contribution in [2.75, 3.05) is 31.0 Å². The fourth-order valence-electron chi connectivity index (χ4n) is 2.49. The molecular formula is C14H23N3O4S2. The number of hydrogen-bond acceptors (Lipinski definition) is 6. The highest BCUT2D eigenvalue weighted by Gasteiger charge is 2.28. The summed E-state index contributed by atoms with van der Waals surface area (Å²) >= 11 is 1.36. The van der Waals surface area contributed by atoms with Crippen molar-refractivity contribution in [1.29, 1.82) is 0 Å². The first kappa shape index (κ1) is 18.3. The van der Waals surface area contributed by atoms with Gasteiger partial charge in [0, 0.05) is 25.4 Å². The molecule has 1 aromatic heterocycles. The predicted molar refractivity (Wildman–Crippen MR) is 89.5 cm³/mol. The minimum Gasteiger partial charge on any atom is -0.383 e. The Hall–Kier alpha value is -1.06. The highest BCUT2D eigenvalue weighted by atomic mass is 32.2. The average Bonchev–Trinajstić information content (AvgIpc) is 2.95. The number of methoxy groups -OCH3 is 1. The molecule has 0 spiro atoms. The van der Waals surface area contributed by atoms with Gasteiger partial charge in [-0.05, 0) is 20.3 Å². The molecular weight excluding hydrogens is 338 g/mol. The van der Waals surface area contributed by atoms with Crippen LogP contribution in [0.5, 0.6) is 0 Å². The van der Waals surface area contributed by atoms with Crippen molar-refractivity contribution in [3.8, 4) is 0 Å². The molecule has 0 unspecified atom stereocenters. The number of aryl methyl sites for hydroxylation is 1. The Kier molecular flexibility index (Phi) is 6.10. The molecule has 1 fully saturated rings. The van der Waals surface area contributed by atoms with Gasteiger partial charge in [-0.2, -0.15) is 0 Å². The van der Waals surface area contributed by atoms with Crippen molar-refractivity contribution in [3.05, 3.63) is 11.4 Å². The average molecular weight is 361 g/mol. The first-order chi connectivity index (χ1) is 10.8. The van der Waals surface area contributed by atoms with Gasteiger partial charge < -0.3 is 14.6 Å². The molecule has 0 saturated carbocycles. The van der Waals surface area contributed by atoms with Crippen molar-refractivity contribution < 1.29 is 17.9 Å². The summed E-state index contributed by atoms with van der Waals surface area (Å²) in [5.74, 6) is 0.266. The zero-order valence-corrected chi connectivity index (χ0v) is 15.3. The SMILES string of the molecule is COCCn1c(SCC(=O)N[C@H]2CCS(=O)(=O)C2)nc(C)c1C. The van der Waals surface area contributed by atoms with Gasteiger partial charge >= 0.3 is 0 Å². The number of imidazole rings is 1. The molecule has 1 aromatic rings. The van der Waals surface area contributed by atoms with E-state index in [1.54, 1.807) is 7.11 Å². The zero-order valence-electron chi connectivity index (χ0n) is 13.7. The second kappa shape index (κ2) is 7.67. The molecule has 2 rings (SSSR count). The van der Waals surface area contributed by atoms with Crippen molar-refractivity contribution in [2.45, 2.75) is 38.0 Å². The Balaban J connectivity index is 1.90. The van der Waals surface area contributed by atoms with E-state index in [4.69, 9.17) is 4.74 Å². The Morgan fingerprint density at radius 1 is 1.48 bits per heavy atom. The Bertz CT molecular complexity index is 670. The second-order valence-electron chi connectivity index (χ2n) is 5.67. The summed E-state index contributed by atoms with van der Waals surface area (Å²) in [6.45, 7) is 5.20. The Morgan fingerprint density at radius 2 is 2.22 bits per heavy atom. The summed E-state index contributed by atoms with van der Waals surface area (Å²) in [4.78, 5) is 16.5. The molecule has 9 heteroatoms. The number of carbonyl (C=O) groups is 1. The highest BCUT2D eigenvalue weighted by Crippen LogP contribution is 2.21. The number of thioether (sulfide) groups is 1. The maximum atomic E-state index is 12.0. The first-order valence-corrected chi connectivity index (χ1v) is 10.3. The molecule has 130 valence electrons. The fraction of sp³-hybridized carbons (Fsp3) is 0.714. The quantitative estimate of drug-likeness (QED) is 0.713. The second-order valence-corrected chi connectivity index (χ2v) is 8.84. The van der Waals surface area contributed by atoms with Crippen LogP contribution in [-0.2, 0) is 25.9 Å². The van der Waals surface area contributed by atoms with E-state index in [0.717, 1.165) is 16.5 Å². The highest BCUT2D eigenvalue weighted by molar-refractivity contribution is 7.99. The third-order valence-electron chi connectivity index (χ3n) is 3.87. The van der Waals surface area contributed by atoms with Gasteiger partial charge in [0.25, 0.3) is 0 Å². The van der Waals surface area contributed by atoms with E-state index in [0.29, 0.717) is 19.6 Å². The minimum absolute atomic E-state index is 0.0457. The maximum Gasteiger partial charge on any atom is 0.230 e. The van der Waals surface area contributed by atoms with Crippen LogP contribution in [0.3, 0.4) is 0 Å². The number of carbonyl (C=O) groups excluding carboxylic acids is 1. The van der Waals surface area contributed by atoms with Crippen LogP contribution in [0.4, 0.5) is 0 Å². The lowest BCUT2D eigenvalue weighted by Gasteiger charge is -2.11. The summed E-state index contributed by atoms with van der Waals surface area (Å²) < 4.78 is 30.0. The number of nitrogens with one attached hydrogen (secondary N) is 1. The molecule has 0 aromatic carbocycles. The van der Waals surface area contributed by atoms with E-state index in [9.17, 15) is 13.2 Å². The van der Waals surface area contributed by atoms with Crippen LogP contribution in [0.25, 0.3) is 0 Å². The molecule has 0 bridgehead atoms. The van der Waals surface area contributed by atoms with Crippen molar-refractivity contribution in [2.24, 2.45) is 0 Å². The number of ether oxygens (including phenoxy) is 1. The molecule has 2 heterocycles. The third-order valence-corrected chi connectivity index (χ3v) is 6.62. The minimum atomic E-state index is -2.98. The van der Waals surface area contributed by atoms with Crippen molar-refractivity contribution in [3.63, 3.8) is 0 Å². The van der Waals surface area contributed by atoms with Crippen LogP contribution in [0.15, 0.2) is 5.16 Å². The smallest absolute Gasteiger partial charge is 0.230 e. The summed E-state index contributed by atoms with van der Waals surface area (Å²) in [6.07, 6.45) is 0.499. The number of hydrogen-bond donors (Lipinski definition) is 1. The molecule has 0 aliphatic carbocycles. The Morgan fingerprint density at radius 3 is 2.83 bits per heavy atom.